The smallest absolute Gasteiger partial charge is 0.263 e. The van der Waals surface area contributed by atoms with Crippen LogP contribution in [0.4, 0.5) is 0 Å². The normalized spacial score (nSPS) is 20.9. The number of amides is 1. The van der Waals surface area contributed by atoms with Crippen LogP contribution in [0, 0.1) is 12.8 Å². The highest BCUT2D eigenvalue weighted by molar-refractivity contribution is 7.17. The molecule has 2 aromatic rings. The van der Waals surface area contributed by atoms with Crippen LogP contribution in [0.1, 0.15) is 48.0 Å². The molecule has 1 amide bonds. The third-order valence-electron chi connectivity index (χ3n) is 4.37. The summed E-state index contributed by atoms with van der Waals surface area (Å²) < 4.78 is 5.93. The summed E-state index contributed by atoms with van der Waals surface area (Å²) in [7, 11) is 0. The summed E-state index contributed by atoms with van der Waals surface area (Å²) in [6.07, 6.45) is 6.67. The van der Waals surface area contributed by atoms with Crippen LogP contribution in [0.15, 0.2) is 6.33 Å². The molecule has 2 aromatic heterocycles. The molecule has 1 aliphatic rings. The molecule has 2 atom stereocenters. The largest absolute Gasteiger partial charge is 0.376 e. The minimum Gasteiger partial charge on any atom is -0.376 e. The quantitative estimate of drug-likeness (QED) is 0.782. The molecule has 0 saturated heterocycles. The molecule has 0 aliphatic heterocycles. The molecule has 1 fully saturated rings. The third-order valence-corrected chi connectivity index (χ3v) is 5.54. The van der Waals surface area contributed by atoms with E-state index < -0.39 is 0 Å². The van der Waals surface area contributed by atoms with Gasteiger partial charge in [-0.25, -0.2) is 9.97 Å². The van der Waals surface area contributed by atoms with Crippen LogP contribution in [-0.2, 0) is 4.74 Å². The zero-order chi connectivity index (χ0) is 16.9. The SMILES string of the molecule is Cc1nc(-c2ncn[nH]2)sc1C(=O)NCCO[C@@H]1CCCC[C@H]1C. The minimum absolute atomic E-state index is 0.115. The molecule has 24 heavy (non-hydrogen) atoms. The number of thiazole rings is 1. The lowest BCUT2D eigenvalue weighted by atomic mass is 9.88. The molecule has 0 radical (unpaired) electrons. The van der Waals surface area contributed by atoms with E-state index in [-0.39, 0.29) is 5.91 Å². The van der Waals surface area contributed by atoms with Gasteiger partial charge in [-0.1, -0.05) is 19.8 Å². The molecular formula is C16H23N5O2S. The zero-order valence-electron chi connectivity index (χ0n) is 14.0. The van der Waals surface area contributed by atoms with E-state index in [9.17, 15) is 4.79 Å². The van der Waals surface area contributed by atoms with Gasteiger partial charge in [-0.15, -0.1) is 11.3 Å². The lowest BCUT2D eigenvalue weighted by Gasteiger charge is -2.28. The summed E-state index contributed by atoms with van der Waals surface area (Å²) in [6.45, 7) is 5.13. The number of nitrogens with zero attached hydrogens (tertiary/aromatic N) is 3. The van der Waals surface area contributed by atoms with Crippen LogP contribution >= 0.6 is 11.3 Å². The highest BCUT2D eigenvalue weighted by atomic mass is 32.1. The average Bonchev–Trinajstić information content (AvgIpc) is 3.22. The van der Waals surface area contributed by atoms with E-state index in [0.717, 1.165) is 6.42 Å². The Morgan fingerprint density at radius 3 is 3.04 bits per heavy atom. The van der Waals surface area contributed by atoms with Crippen LogP contribution in [0.2, 0.25) is 0 Å². The molecule has 1 aliphatic carbocycles. The number of H-pyrrole nitrogens is 1. The van der Waals surface area contributed by atoms with E-state index in [1.54, 1.807) is 0 Å². The molecule has 0 bridgehead atoms. The van der Waals surface area contributed by atoms with Crippen molar-refractivity contribution in [2.45, 2.75) is 45.6 Å². The molecule has 0 aromatic carbocycles. The van der Waals surface area contributed by atoms with Gasteiger partial charge in [0.05, 0.1) is 18.4 Å². The number of carbonyl (C=O) groups excluding carboxylic acids is 1. The maximum absolute atomic E-state index is 12.3. The molecule has 2 heterocycles. The van der Waals surface area contributed by atoms with E-state index in [1.165, 1.54) is 36.9 Å². The number of rotatable bonds is 6. The fraction of sp³-hybridized carbons (Fsp3) is 0.625. The first-order valence-electron chi connectivity index (χ1n) is 8.38. The van der Waals surface area contributed by atoms with Crippen molar-refractivity contribution in [3.8, 4) is 10.8 Å². The summed E-state index contributed by atoms with van der Waals surface area (Å²) in [4.78, 5) is 21.4. The molecule has 3 rings (SSSR count). The van der Waals surface area contributed by atoms with E-state index >= 15 is 0 Å². The van der Waals surface area contributed by atoms with Crippen molar-refractivity contribution in [3.05, 3.63) is 16.9 Å². The van der Waals surface area contributed by atoms with Gasteiger partial charge in [0.15, 0.2) is 10.8 Å². The predicted molar refractivity (Wildman–Crippen MR) is 91.9 cm³/mol. The van der Waals surface area contributed by atoms with Gasteiger partial charge < -0.3 is 10.1 Å². The molecule has 8 heteroatoms. The van der Waals surface area contributed by atoms with E-state index in [4.69, 9.17) is 4.74 Å². The van der Waals surface area contributed by atoms with E-state index in [0.29, 0.717) is 46.6 Å². The average molecular weight is 349 g/mol. The number of ether oxygens (including phenoxy) is 1. The summed E-state index contributed by atoms with van der Waals surface area (Å²) in [5.41, 5.74) is 0.700. The van der Waals surface area contributed by atoms with Crippen molar-refractivity contribution in [1.82, 2.24) is 25.5 Å². The summed E-state index contributed by atoms with van der Waals surface area (Å²) in [6, 6.07) is 0. The Balaban J connectivity index is 1.48. The summed E-state index contributed by atoms with van der Waals surface area (Å²) >= 11 is 1.31. The molecule has 0 unspecified atom stereocenters. The molecule has 0 spiro atoms. The number of nitrogens with one attached hydrogen (secondary N) is 2. The van der Waals surface area contributed by atoms with Gasteiger partial charge in [0, 0.05) is 6.54 Å². The first-order chi connectivity index (χ1) is 11.6. The fourth-order valence-corrected chi connectivity index (χ4v) is 3.93. The third kappa shape index (κ3) is 3.99. The second kappa shape index (κ2) is 7.85. The van der Waals surface area contributed by atoms with Crippen LogP contribution in [-0.4, -0.2) is 45.3 Å². The van der Waals surface area contributed by atoms with Crippen molar-refractivity contribution in [2.24, 2.45) is 5.92 Å². The second-order valence-electron chi connectivity index (χ2n) is 6.19. The zero-order valence-corrected chi connectivity index (χ0v) is 14.9. The monoisotopic (exact) mass is 349 g/mol. The highest BCUT2D eigenvalue weighted by Gasteiger charge is 2.22. The van der Waals surface area contributed by atoms with Crippen LogP contribution in [0.25, 0.3) is 10.8 Å². The van der Waals surface area contributed by atoms with Crippen molar-refractivity contribution >= 4 is 17.2 Å². The van der Waals surface area contributed by atoms with Gasteiger partial charge >= 0.3 is 0 Å². The van der Waals surface area contributed by atoms with Gasteiger partial charge in [0.2, 0.25) is 0 Å². The first-order valence-corrected chi connectivity index (χ1v) is 9.19. The number of hydrogen-bond acceptors (Lipinski definition) is 6. The molecule has 130 valence electrons. The number of aryl methyl sites for hydroxylation is 1. The van der Waals surface area contributed by atoms with Crippen molar-refractivity contribution < 1.29 is 9.53 Å². The van der Waals surface area contributed by atoms with E-state index in [2.05, 4.69) is 32.4 Å². The van der Waals surface area contributed by atoms with Gasteiger partial charge in [-0.3, -0.25) is 9.89 Å². The Labute approximate surface area is 145 Å². The van der Waals surface area contributed by atoms with E-state index in [1.807, 2.05) is 6.92 Å². The van der Waals surface area contributed by atoms with Crippen molar-refractivity contribution in [3.63, 3.8) is 0 Å². The van der Waals surface area contributed by atoms with Gasteiger partial charge in [-0.05, 0) is 25.7 Å². The Morgan fingerprint density at radius 2 is 2.29 bits per heavy atom. The second-order valence-corrected chi connectivity index (χ2v) is 7.19. The van der Waals surface area contributed by atoms with Crippen molar-refractivity contribution in [1.29, 1.82) is 0 Å². The van der Waals surface area contributed by atoms with Gasteiger partial charge in [0.1, 0.15) is 11.2 Å². The molecule has 2 N–H and O–H groups in total. The Morgan fingerprint density at radius 1 is 1.46 bits per heavy atom. The predicted octanol–water partition coefficient (Wildman–Crippen LogP) is 2.56. The summed E-state index contributed by atoms with van der Waals surface area (Å²) in [5, 5.41) is 10.1. The standard InChI is InChI=1S/C16H23N5O2S/c1-10-5-3-4-6-12(10)23-8-7-17-15(22)13-11(2)20-16(24-13)14-18-9-19-21-14/h9-10,12H,3-8H2,1-2H3,(H,17,22)(H,18,19,21)/t10-,12-/m1/s1. The van der Waals surface area contributed by atoms with Crippen LogP contribution < -0.4 is 5.32 Å². The maximum atomic E-state index is 12.3. The number of aromatic nitrogens is 4. The van der Waals surface area contributed by atoms with Crippen LogP contribution in [0.3, 0.4) is 0 Å². The Kier molecular flexibility index (Phi) is 5.57. The number of hydrogen-bond donors (Lipinski definition) is 2. The van der Waals surface area contributed by atoms with Crippen molar-refractivity contribution in [2.75, 3.05) is 13.2 Å². The number of carbonyl (C=O) groups is 1. The summed E-state index contributed by atoms with van der Waals surface area (Å²) in [5.74, 6) is 1.08. The lowest BCUT2D eigenvalue weighted by molar-refractivity contribution is -0.00293. The number of aromatic amines is 1. The van der Waals surface area contributed by atoms with Crippen LogP contribution in [0.5, 0.6) is 0 Å². The lowest BCUT2D eigenvalue weighted by Crippen LogP contribution is -2.31. The van der Waals surface area contributed by atoms with Gasteiger partial charge in [0.25, 0.3) is 5.91 Å². The maximum Gasteiger partial charge on any atom is 0.263 e. The topological polar surface area (TPSA) is 92.8 Å². The Hall–Kier alpha value is -1.80. The molecular weight excluding hydrogens is 326 g/mol. The first kappa shape index (κ1) is 17.0. The van der Waals surface area contributed by atoms with Gasteiger partial charge in [-0.2, -0.15) is 5.10 Å². The molecule has 1 saturated carbocycles. The Bertz CT molecular complexity index is 670. The minimum atomic E-state index is -0.115. The molecule has 7 nitrogen and oxygen atoms in total. The highest BCUT2D eigenvalue weighted by Crippen LogP contribution is 2.26. The fourth-order valence-electron chi connectivity index (χ4n) is 3.00.